The van der Waals surface area contributed by atoms with Crippen LogP contribution in [0.2, 0.25) is 0 Å². The maximum absolute atomic E-state index is 12.1. The summed E-state index contributed by atoms with van der Waals surface area (Å²) >= 11 is 1.20. The van der Waals surface area contributed by atoms with Gasteiger partial charge in [-0.3, -0.25) is 9.78 Å². The Morgan fingerprint density at radius 1 is 1.25 bits per heavy atom. The molecule has 0 aliphatic heterocycles. The van der Waals surface area contributed by atoms with Crippen molar-refractivity contribution in [2.75, 3.05) is 17.7 Å². The van der Waals surface area contributed by atoms with E-state index in [0.29, 0.717) is 15.8 Å². The molecule has 2 aromatic heterocycles. The van der Waals surface area contributed by atoms with Crippen molar-refractivity contribution >= 4 is 38.8 Å². The first kappa shape index (κ1) is 12.5. The van der Waals surface area contributed by atoms with Crippen molar-refractivity contribution in [3.8, 4) is 0 Å². The minimum absolute atomic E-state index is 0.277. The standard InChI is InChI=1S/C13H11N5OS/c1-14-13-18-17-12(20-13)11(19)16-10-4-2-3-8-5-6-15-7-9(8)10/h2-7H,1H3,(H,14,18)(H,16,19). The molecule has 0 radical (unpaired) electrons. The lowest BCUT2D eigenvalue weighted by atomic mass is 10.1. The average molecular weight is 285 g/mol. The lowest BCUT2D eigenvalue weighted by Crippen LogP contribution is -2.11. The van der Waals surface area contributed by atoms with Gasteiger partial charge in [-0.2, -0.15) is 0 Å². The van der Waals surface area contributed by atoms with E-state index in [0.717, 1.165) is 10.8 Å². The Morgan fingerprint density at radius 2 is 2.15 bits per heavy atom. The number of rotatable bonds is 3. The average Bonchev–Trinajstić information content (AvgIpc) is 2.97. The molecule has 3 aromatic rings. The fourth-order valence-corrected chi connectivity index (χ4v) is 2.41. The van der Waals surface area contributed by atoms with Gasteiger partial charge in [0.15, 0.2) is 0 Å². The second-order valence-electron chi connectivity index (χ2n) is 4.02. The maximum atomic E-state index is 12.1. The highest BCUT2D eigenvalue weighted by molar-refractivity contribution is 7.17. The van der Waals surface area contributed by atoms with Gasteiger partial charge in [-0.05, 0) is 17.5 Å². The third-order valence-electron chi connectivity index (χ3n) is 2.76. The van der Waals surface area contributed by atoms with Gasteiger partial charge in [0.25, 0.3) is 5.91 Å². The highest BCUT2D eigenvalue weighted by Gasteiger charge is 2.13. The Hall–Kier alpha value is -2.54. The predicted octanol–water partition coefficient (Wildman–Crippen LogP) is 2.38. The van der Waals surface area contributed by atoms with Crippen LogP contribution in [0.1, 0.15) is 9.80 Å². The van der Waals surface area contributed by atoms with Gasteiger partial charge in [0.05, 0.1) is 5.69 Å². The first-order chi connectivity index (χ1) is 9.78. The molecule has 100 valence electrons. The zero-order valence-electron chi connectivity index (χ0n) is 10.6. The molecule has 0 aliphatic rings. The second-order valence-corrected chi connectivity index (χ2v) is 5.00. The van der Waals surface area contributed by atoms with Gasteiger partial charge < -0.3 is 10.6 Å². The quantitative estimate of drug-likeness (QED) is 0.772. The Kier molecular flexibility index (Phi) is 3.26. The van der Waals surface area contributed by atoms with E-state index >= 15 is 0 Å². The number of carbonyl (C=O) groups excluding carboxylic acids is 1. The number of amides is 1. The van der Waals surface area contributed by atoms with Gasteiger partial charge in [0.1, 0.15) is 0 Å². The highest BCUT2D eigenvalue weighted by atomic mass is 32.1. The van der Waals surface area contributed by atoms with E-state index in [4.69, 9.17) is 0 Å². The van der Waals surface area contributed by atoms with Crippen molar-refractivity contribution in [2.24, 2.45) is 0 Å². The van der Waals surface area contributed by atoms with Crippen LogP contribution in [0.15, 0.2) is 36.7 Å². The van der Waals surface area contributed by atoms with Crippen LogP contribution in [0.3, 0.4) is 0 Å². The van der Waals surface area contributed by atoms with Crippen LogP contribution >= 0.6 is 11.3 Å². The van der Waals surface area contributed by atoms with Crippen molar-refractivity contribution in [3.05, 3.63) is 41.7 Å². The molecule has 7 heteroatoms. The molecule has 1 aromatic carbocycles. The smallest absolute Gasteiger partial charge is 0.286 e. The Labute approximate surface area is 118 Å². The normalized spacial score (nSPS) is 10.4. The lowest BCUT2D eigenvalue weighted by molar-refractivity contribution is 0.102. The number of fused-ring (bicyclic) bond motifs is 1. The van der Waals surface area contributed by atoms with Crippen molar-refractivity contribution in [2.45, 2.75) is 0 Å². The number of hydrogen-bond donors (Lipinski definition) is 2. The number of hydrogen-bond acceptors (Lipinski definition) is 6. The number of nitrogens with zero attached hydrogens (tertiary/aromatic N) is 3. The Bertz CT molecular complexity index is 765. The molecule has 2 N–H and O–H groups in total. The molecule has 0 atom stereocenters. The molecule has 0 spiro atoms. The zero-order chi connectivity index (χ0) is 13.9. The van der Waals surface area contributed by atoms with E-state index < -0.39 is 0 Å². The fraction of sp³-hybridized carbons (Fsp3) is 0.0769. The summed E-state index contributed by atoms with van der Waals surface area (Å²) in [5.41, 5.74) is 0.710. The van der Waals surface area contributed by atoms with Crippen molar-refractivity contribution in [1.82, 2.24) is 15.2 Å². The molecular formula is C13H11N5OS. The third kappa shape index (κ3) is 2.30. The monoisotopic (exact) mass is 285 g/mol. The third-order valence-corrected chi connectivity index (χ3v) is 3.70. The van der Waals surface area contributed by atoms with Crippen molar-refractivity contribution in [3.63, 3.8) is 0 Å². The molecule has 0 fully saturated rings. The number of nitrogens with one attached hydrogen (secondary N) is 2. The highest BCUT2D eigenvalue weighted by Crippen LogP contribution is 2.23. The Morgan fingerprint density at radius 3 is 2.95 bits per heavy atom. The second kappa shape index (κ2) is 5.22. The summed E-state index contributed by atoms with van der Waals surface area (Å²) in [5.74, 6) is -0.277. The Balaban J connectivity index is 1.91. The molecule has 20 heavy (non-hydrogen) atoms. The minimum atomic E-state index is -0.277. The number of aromatic nitrogens is 3. The summed E-state index contributed by atoms with van der Waals surface area (Å²) in [7, 11) is 1.73. The summed E-state index contributed by atoms with van der Waals surface area (Å²) in [6, 6.07) is 7.59. The van der Waals surface area contributed by atoms with Gasteiger partial charge in [0, 0.05) is 24.8 Å². The molecule has 0 unspecified atom stereocenters. The molecule has 3 rings (SSSR count). The predicted molar refractivity (Wildman–Crippen MR) is 79.2 cm³/mol. The maximum Gasteiger partial charge on any atom is 0.286 e. The van der Waals surface area contributed by atoms with E-state index in [1.165, 1.54) is 11.3 Å². The van der Waals surface area contributed by atoms with Crippen LogP contribution in [-0.2, 0) is 0 Å². The first-order valence-electron chi connectivity index (χ1n) is 5.93. The van der Waals surface area contributed by atoms with Gasteiger partial charge >= 0.3 is 0 Å². The molecular weight excluding hydrogens is 274 g/mol. The van der Waals surface area contributed by atoms with Gasteiger partial charge in [0.2, 0.25) is 10.1 Å². The number of pyridine rings is 1. The summed E-state index contributed by atoms with van der Waals surface area (Å²) in [6.45, 7) is 0. The van der Waals surface area contributed by atoms with Crippen LogP contribution in [0.5, 0.6) is 0 Å². The fourth-order valence-electron chi connectivity index (χ4n) is 1.81. The van der Waals surface area contributed by atoms with Crippen LogP contribution < -0.4 is 10.6 Å². The summed E-state index contributed by atoms with van der Waals surface area (Å²) in [4.78, 5) is 16.2. The molecule has 2 heterocycles. The minimum Gasteiger partial charge on any atom is -0.363 e. The SMILES string of the molecule is CNc1nnc(C(=O)Nc2cccc3ccncc23)s1. The van der Waals surface area contributed by atoms with Gasteiger partial charge in [-0.25, -0.2) is 0 Å². The number of benzene rings is 1. The summed E-state index contributed by atoms with van der Waals surface area (Å²) < 4.78 is 0. The van der Waals surface area contributed by atoms with Crippen LogP contribution in [0.4, 0.5) is 10.8 Å². The summed E-state index contributed by atoms with van der Waals surface area (Å²) in [6.07, 6.45) is 3.45. The van der Waals surface area contributed by atoms with E-state index in [-0.39, 0.29) is 5.91 Å². The molecule has 0 bridgehead atoms. The lowest BCUT2D eigenvalue weighted by Gasteiger charge is -2.06. The van der Waals surface area contributed by atoms with Crippen molar-refractivity contribution in [1.29, 1.82) is 0 Å². The van der Waals surface area contributed by atoms with Gasteiger partial charge in [-0.1, -0.05) is 23.5 Å². The van der Waals surface area contributed by atoms with Crippen LogP contribution in [0, 0.1) is 0 Å². The molecule has 1 amide bonds. The molecule has 0 aliphatic carbocycles. The van der Waals surface area contributed by atoms with E-state index in [2.05, 4.69) is 25.8 Å². The van der Waals surface area contributed by atoms with Crippen LogP contribution in [-0.4, -0.2) is 28.1 Å². The summed E-state index contributed by atoms with van der Waals surface area (Å²) in [5, 5.41) is 16.2. The van der Waals surface area contributed by atoms with E-state index in [1.54, 1.807) is 19.4 Å². The van der Waals surface area contributed by atoms with E-state index in [9.17, 15) is 4.79 Å². The van der Waals surface area contributed by atoms with Crippen LogP contribution in [0.25, 0.3) is 10.8 Å². The topological polar surface area (TPSA) is 79.8 Å². The molecule has 0 saturated carbocycles. The first-order valence-corrected chi connectivity index (χ1v) is 6.75. The van der Waals surface area contributed by atoms with Crippen molar-refractivity contribution < 1.29 is 4.79 Å². The molecule has 6 nitrogen and oxygen atoms in total. The number of carbonyl (C=O) groups is 1. The van der Waals surface area contributed by atoms with Gasteiger partial charge in [-0.15, -0.1) is 10.2 Å². The van der Waals surface area contributed by atoms with E-state index in [1.807, 2.05) is 24.3 Å². The zero-order valence-corrected chi connectivity index (χ0v) is 11.4. The number of anilines is 2. The molecule has 0 saturated heterocycles. The largest absolute Gasteiger partial charge is 0.363 e.